The number of hydrogen-bond donors (Lipinski definition) is 0. The number of thiazole rings is 1. The number of carbonyl (C=O) groups excluding carboxylic acids is 1. The van der Waals surface area contributed by atoms with Gasteiger partial charge < -0.3 is 14.0 Å². The molecule has 0 aliphatic rings. The lowest BCUT2D eigenvalue weighted by Crippen LogP contribution is -2.20. The van der Waals surface area contributed by atoms with Gasteiger partial charge in [0.25, 0.3) is 5.91 Å². The van der Waals surface area contributed by atoms with E-state index in [2.05, 4.69) is 4.99 Å². The van der Waals surface area contributed by atoms with Gasteiger partial charge in [-0.05, 0) is 49.2 Å². The summed E-state index contributed by atoms with van der Waals surface area (Å²) in [6.45, 7) is 5.41. The number of nitrogens with zero attached hydrogens (tertiary/aromatic N) is 2. The molecule has 0 N–H and O–H groups in total. The maximum absolute atomic E-state index is 12.7. The molecule has 0 spiro atoms. The molecule has 0 unspecified atom stereocenters. The first-order chi connectivity index (χ1) is 14.7. The smallest absolute Gasteiger partial charge is 0.252 e. The van der Waals surface area contributed by atoms with Gasteiger partial charge in [-0.2, -0.15) is 4.99 Å². The zero-order valence-electron chi connectivity index (χ0n) is 18.0. The van der Waals surface area contributed by atoms with Gasteiger partial charge in [0.15, 0.2) is 14.6 Å². The Hall–Kier alpha value is -2.49. The van der Waals surface area contributed by atoms with Gasteiger partial charge in [-0.15, -0.1) is 0 Å². The van der Waals surface area contributed by atoms with Gasteiger partial charge in [0.05, 0.1) is 35.2 Å². The third-order valence-electron chi connectivity index (χ3n) is 4.78. The molecule has 1 heterocycles. The summed E-state index contributed by atoms with van der Waals surface area (Å²) in [7, 11) is -1.72. The van der Waals surface area contributed by atoms with Crippen molar-refractivity contribution in [1.29, 1.82) is 0 Å². The zero-order valence-corrected chi connectivity index (χ0v) is 19.7. The highest BCUT2D eigenvalue weighted by molar-refractivity contribution is 7.90. The van der Waals surface area contributed by atoms with Crippen LogP contribution in [0.1, 0.15) is 18.1 Å². The van der Waals surface area contributed by atoms with Crippen LogP contribution in [0.25, 0.3) is 10.2 Å². The molecule has 0 aliphatic heterocycles. The molecule has 1 amide bonds. The van der Waals surface area contributed by atoms with Crippen molar-refractivity contribution in [3.63, 3.8) is 0 Å². The summed E-state index contributed by atoms with van der Waals surface area (Å²) in [5.74, 6) is 0.498. The molecule has 2 aromatic carbocycles. The van der Waals surface area contributed by atoms with Crippen molar-refractivity contribution < 1.29 is 22.7 Å². The normalized spacial score (nSPS) is 12.5. The zero-order chi connectivity index (χ0) is 22.6. The number of aryl methyl sites for hydroxylation is 1. The predicted molar refractivity (Wildman–Crippen MR) is 121 cm³/mol. The van der Waals surface area contributed by atoms with Crippen molar-refractivity contribution in [2.45, 2.75) is 31.7 Å². The maximum Gasteiger partial charge on any atom is 0.252 e. The van der Waals surface area contributed by atoms with Crippen LogP contribution in [0.5, 0.6) is 5.75 Å². The first kappa shape index (κ1) is 23.2. The number of fused-ring (bicyclic) bond motifs is 1. The average Bonchev–Trinajstić information content (AvgIpc) is 3.04. The van der Waals surface area contributed by atoms with Gasteiger partial charge in [-0.25, -0.2) is 8.42 Å². The molecule has 9 heteroatoms. The maximum atomic E-state index is 12.7. The van der Waals surface area contributed by atoms with Gasteiger partial charge in [-0.3, -0.25) is 4.79 Å². The van der Waals surface area contributed by atoms with Gasteiger partial charge in [-0.1, -0.05) is 23.5 Å². The standard InChI is InChI=1S/C22H26N2O5S2/c1-5-29-11-10-24-18-8-7-17(31(4,26)27)14-20(18)30-22(24)23-21(25)13-16-6-9-19(28-3)15(2)12-16/h6-9,12,14H,5,10-11,13H2,1-4H3. The number of sulfone groups is 1. The van der Waals surface area contributed by atoms with E-state index in [9.17, 15) is 13.2 Å². The van der Waals surface area contributed by atoms with Crippen molar-refractivity contribution in [1.82, 2.24) is 4.57 Å². The Morgan fingerprint density at radius 3 is 2.61 bits per heavy atom. The Labute approximate surface area is 185 Å². The van der Waals surface area contributed by atoms with Crippen molar-refractivity contribution in [3.8, 4) is 5.75 Å². The first-order valence-electron chi connectivity index (χ1n) is 9.85. The van der Waals surface area contributed by atoms with E-state index in [1.54, 1.807) is 25.3 Å². The van der Waals surface area contributed by atoms with E-state index in [0.717, 1.165) is 27.1 Å². The fourth-order valence-corrected chi connectivity index (χ4v) is 5.09. The molecular weight excluding hydrogens is 436 g/mol. The van der Waals surface area contributed by atoms with Crippen LogP contribution < -0.4 is 9.54 Å². The molecular formula is C22H26N2O5S2. The lowest BCUT2D eigenvalue weighted by atomic mass is 10.1. The molecule has 0 fully saturated rings. The van der Waals surface area contributed by atoms with Crippen LogP contribution in [0.3, 0.4) is 0 Å². The average molecular weight is 463 g/mol. The number of ether oxygens (including phenoxy) is 2. The van der Waals surface area contributed by atoms with Crippen molar-refractivity contribution >= 4 is 37.3 Å². The van der Waals surface area contributed by atoms with Crippen LogP contribution in [-0.4, -0.2) is 45.5 Å². The van der Waals surface area contributed by atoms with E-state index in [4.69, 9.17) is 9.47 Å². The summed E-state index contributed by atoms with van der Waals surface area (Å²) in [6, 6.07) is 10.6. The highest BCUT2D eigenvalue weighted by atomic mass is 32.2. The van der Waals surface area contributed by atoms with E-state index in [1.165, 1.54) is 17.6 Å². The van der Waals surface area contributed by atoms with E-state index in [-0.39, 0.29) is 17.2 Å². The number of methoxy groups -OCH3 is 1. The molecule has 0 aliphatic carbocycles. The molecule has 166 valence electrons. The minimum Gasteiger partial charge on any atom is -0.496 e. The Bertz CT molecular complexity index is 1270. The molecule has 3 rings (SSSR count). The summed E-state index contributed by atoms with van der Waals surface area (Å²) < 4.78 is 37.2. The third-order valence-corrected chi connectivity index (χ3v) is 6.93. The fourth-order valence-electron chi connectivity index (χ4n) is 3.26. The lowest BCUT2D eigenvalue weighted by Gasteiger charge is -2.07. The SMILES string of the molecule is CCOCCn1c(=NC(=O)Cc2ccc(OC)c(C)c2)sc2cc(S(C)(=O)=O)ccc21. The molecule has 0 saturated carbocycles. The molecule has 1 aromatic heterocycles. The van der Waals surface area contributed by atoms with E-state index in [0.29, 0.717) is 24.6 Å². The molecule has 3 aromatic rings. The van der Waals surface area contributed by atoms with Crippen molar-refractivity contribution in [3.05, 3.63) is 52.3 Å². The number of rotatable bonds is 8. The Balaban J connectivity index is 1.99. The Kier molecular flexibility index (Phi) is 7.30. The number of aromatic nitrogens is 1. The fraction of sp³-hybridized carbons (Fsp3) is 0.364. The summed E-state index contributed by atoms with van der Waals surface area (Å²) >= 11 is 1.30. The van der Waals surface area contributed by atoms with Crippen molar-refractivity contribution in [2.24, 2.45) is 4.99 Å². The van der Waals surface area contributed by atoms with Gasteiger partial charge in [0.1, 0.15) is 5.75 Å². The monoisotopic (exact) mass is 462 g/mol. The molecule has 0 bridgehead atoms. The summed E-state index contributed by atoms with van der Waals surface area (Å²) in [5, 5.41) is 0. The number of amides is 1. The van der Waals surface area contributed by atoms with Gasteiger partial charge in [0.2, 0.25) is 0 Å². The topological polar surface area (TPSA) is 87.0 Å². The Morgan fingerprint density at radius 2 is 1.97 bits per heavy atom. The minimum absolute atomic E-state index is 0.166. The molecule has 0 saturated heterocycles. The highest BCUT2D eigenvalue weighted by Crippen LogP contribution is 2.22. The van der Waals surface area contributed by atoms with E-state index in [1.807, 2.05) is 36.6 Å². The quantitative estimate of drug-likeness (QED) is 0.480. The number of benzene rings is 2. The second kappa shape index (κ2) is 9.76. The van der Waals surface area contributed by atoms with Crippen molar-refractivity contribution in [2.75, 3.05) is 26.6 Å². The lowest BCUT2D eigenvalue weighted by molar-refractivity contribution is -0.117. The van der Waals surface area contributed by atoms with Crippen LogP contribution in [-0.2, 0) is 32.3 Å². The highest BCUT2D eigenvalue weighted by Gasteiger charge is 2.13. The molecule has 31 heavy (non-hydrogen) atoms. The van der Waals surface area contributed by atoms with Gasteiger partial charge in [0, 0.05) is 19.4 Å². The number of hydrogen-bond acceptors (Lipinski definition) is 6. The van der Waals surface area contributed by atoms with Gasteiger partial charge >= 0.3 is 0 Å². The van der Waals surface area contributed by atoms with Crippen LogP contribution >= 0.6 is 11.3 Å². The second-order valence-corrected chi connectivity index (χ2v) is 10.1. The van der Waals surface area contributed by atoms with Crippen LogP contribution in [0.15, 0.2) is 46.3 Å². The largest absolute Gasteiger partial charge is 0.496 e. The predicted octanol–water partition coefficient (Wildman–Crippen LogP) is 3.13. The summed E-state index contributed by atoms with van der Waals surface area (Å²) in [5.41, 5.74) is 2.63. The molecule has 0 atom stereocenters. The summed E-state index contributed by atoms with van der Waals surface area (Å²) in [6.07, 6.45) is 1.34. The second-order valence-electron chi connectivity index (χ2n) is 7.12. The van der Waals surface area contributed by atoms with Crippen LogP contribution in [0.2, 0.25) is 0 Å². The minimum atomic E-state index is -3.33. The number of carbonyl (C=O) groups is 1. The third kappa shape index (κ3) is 5.61. The first-order valence-corrected chi connectivity index (χ1v) is 12.6. The van der Waals surface area contributed by atoms with E-state index >= 15 is 0 Å². The summed E-state index contributed by atoms with van der Waals surface area (Å²) in [4.78, 5) is 17.8. The van der Waals surface area contributed by atoms with Crippen LogP contribution in [0, 0.1) is 6.92 Å². The molecule has 0 radical (unpaired) electrons. The molecule has 7 nitrogen and oxygen atoms in total. The Morgan fingerprint density at radius 1 is 1.19 bits per heavy atom. The van der Waals surface area contributed by atoms with Crippen LogP contribution in [0.4, 0.5) is 0 Å². The van der Waals surface area contributed by atoms with E-state index < -0.39 is 9.84 Å².